The molecule has 0 radical (unpaired) electrons. The molecule has 2 rings (SSSR count). The third-order valence-corrected chi connectivity index (χ3v) is 2.78. The third kappa shape index (κ3) is 3.33. The fourth-order valence-electron chi connectivity index (χ4n) is 1.37. The fraction of sp³-hybridized carbons (Fsp3) is 0.0833. The predicted molar refractivity (Wildman–Crippen MR) is 68.5 cm³/mol. The lowest BCUT2D eigenvalue weighted by Crippen LogP contribution is -2.15. The predicted octanol–water partition coefficient (Wildman–Crippen LogP) is 2.56. The number of hydrogen-bond acceptors (Lipinski definition) is 3. The monoisotopic (exact) mass is 309 g/mol. The Labute approximate surface area is 111 Å². The zero-order valence-corrected chi connectivity index (χ0v) is 10.8. The van der Waals surface area contributed by atoms with Gasteiger partial charge in [-0.25, -0.2) is 9.37 Å². The molecule has 1 amide bonds. The Morgan fingerprint density at radius 3 is 2.78 bits per heavy atom. The minimum absolute atomic E-state index is 0.216. The molecule has 0 aromatic carbocycles. The van der Waals surface area contributed by atoms with Gasteiger partial charge in [-0.2, -0.15) is 0 Å². The first-order chi connectivity index (χ1) is 8.65. The molecule has 0 spiro atoms. The van der Waals surface area contributed by atoms with Gasteiger partial charge in [-0.15, -0.1) is 0 Å². The normalized spacial score (nSPS) is 10.1. The van der Waals surface area contributed by atoms with Crippen LogP contribution in [0.3, 0.4) is 0 Å². The van der Waals surface area contributed by atoms with Crippen LogP contribution in [0.15, 0.2) is 41.3 Å². The molecule has 4 nitrogen and oxygen atoms in total. The van der Waals surface area contributed by atoms with Crippen molar-refractivity contribution in [3.63, 3.8) is 0 Å². The van der Waals surface area contributed by atoms with Gasteiger partial charge in [0.2, 0.25) is 5.91 Å². The van der Waals surface area contributed by atoms with Gasteiger partial charge in [-0.05, 0) is 39.7 Å². The van der Waals surface area contributed by atoms with Crippen LogP contribution in [0.4, 0.5) is 10.2 Å². The lowest BCUT2D eigenvalue weighted by Gasteiger charge is -2.06. The number of carbonyl (C=O) groups is 1. The number of nitrogens with one attached hydrogen (secondary N) is 1. The van der Waals surface area contributed by atoms with E-state index in [0.29, 0.717) is 10.3 Å². The van der Waals surface area contributed by atoms with E-state index in [1.165, 1.54) is 6.07 Å². The van der Waals surface area contributed by atoms with E-state index >= 15 is 0 Å². The maximum absolute atomic E-state index is 12.8. The Morgan fingerprint density at radius 1 is 1.39 bits per heavy atom. The highest BCUT2D eigenvalue weighted by molar-refractivity contribution is 9.10. The van der Waals surface area contributed by atoms with Gasteiger partial charge in [0, 0.05) is 12.4 Å². The lowest BCUT2D eigenvalue weighted by molar-refractivity contribution is -0.115. The first-order valence-corrected chi connectivity index (χ1v) is 5.94. The molecule has 0 saturated heterocycles. The van der Waals surface area contributed by atoms with Gasteiger partial charge >= 0.3 is 0 Å². The van der Waals surface area contributed by atoms with E-state index in [1.54, 1.807) is 24.5 Å². The number of halogens is 2. The molecule has 2 heterocycles. The average molecular weight is 310 g/mol. The maximum atomic E-state index is 12.8. The largest absolute Gasteiger partial charge is 0.309 e. The molecular formula is C12H9BrFN3O. The van der Waals surface area contributed by atoms with Crippen molar-refractivity contribution in [2.45, 2.75) is 6.42 Å². The van der Waals surface area contributed by atoms with E-state index in [4.69, 9.17) is 0 Å². The number of aromatic nitrogens is 2. The van der Waals surface area contributed by atoms with Crippen molar-refractivity contribution in [1.82, 2.24) is 9.97 Å². The molecule has 0 atom stereocenters. The molecule has 6 heteroatoms. The summed E-state index contributed by atoms with van der Waals surface area (Å²) in [5.41, 5.74) is 0.848. The second-order valence-electron chi connectivity index (χ2n) is 3.56. The number of nitrogens with zero attached hydrogens (tertiary/aromatic N) is 2. The number of pyridine rings is 2. The molecule has 0 saturated carbocycles. The van der Waals surface area contributed by atoms with E-state index in [0.717, 1.165) is 11.8 Å². The van der Waals surface area contributed by atoms with Gasteiger partial charge in [0.15, 0.2) is 0 Å². The Kier molecular flexibility index (Phi) is 3.99. The quantitative estimate of drug-likeness (QED) is 0.948. The molecule has 92 valence electrons. The van der Waals surface area contributed by atoms with Crippen LogP contribution in [-0.4, -0.2) is 15.9 Å². The van der Waals surface area contributed by atoms with Crippen LogP contribution >= 0.6 is 15.9 Å². The van der Waals surface area contributed by atoms with Crippen molar-refractivity contribution in [2.75, 3.05) is 5.32 Å². The molecule has 0 aliphatic carbocycles. The van der Waals surface area contributed by atoms with Crippen LogP contribution in [0.25, 0.3) is 0 Å². The number of hydrogen-bond donors (Lipinski definition) is 1. The summed E-state index contributed by atoms with van der Waals surface area (Å²) in [6.45, 7) is 0. The highest BCUT2D eigenvalue weighted by atomic mass is 79.9. The van der Waals surface area contributed by atoms with E-state index in [9.17, 15) is 9.18 Å². The molecule has 0 bridgehead atoms. The van der Waals surface area contributed by atoms with Gasteiger partial charge < -0.3 is 5.32 Å². The zero-order valence-electron chi connectivity index (χ0n) is 9.23. The minimum atomic E-state index is -0.464. The zero-order chi connectivity index (χ0) is 13.0. The SMILES string of the molecule is O=C(Cc1ccncc1)Nc1ncc(F)cc1Br. The molecule has 1 N–H and O–H groups in total. The molecule has 2 aromatic heterocycles. The summed E-state index contributed by atoms with van der Waals surface area (Å²) in [6.07, 6.45) is 4.50. The van der Waals surface area contributed by atoms with E-state index in [2.05, 4.69) is 31.2 Å². The van der Waals surface area contributed by atoms with Crippen LogP contribution < -0.4 is 5.32 Å². The Bertz CT molecular complexity index is 563. The number of amides is 1. The summed E-state index contributed by atoms with van der Waals surface area (Å²) in [4.78, 5) is 19.4. The van der Waals surface area contributed by atoms with Crippen LogP contribution in [0.1, 0.15) is 5.56 Å². The van der Waals surface area contributed by atoms with Crippen molar-refractivity contribution in [3.05, 3.63) is 52.6 Å². The highest BCUT2D eigenvalue weighted by Crippen LogP contribution is 2.20. The summed E-state index contributed by atoms with van der Waals surface area (Å²) in [6, 6.07) is 4.76. The Hall–Kier alpha value is -1.82. The van der Waals surface area contributed by atoms with Crippen LogP contribution in [0, 0.1) is 5.82 Å². The lowest BCUT2D eigenvalue weighted by atomic mass is 10.2. The number of carbonyl (C=O) groups excluding carboxylic acids is 1. The highest BCUT2D eigenvalue weighted by Gasteiger charge is 2.08. The molecular weight excluding hydrogens is 301 g/mol. The molecule has 0 aliphatic heterocycles. The Balaban J connectivity index is 2.03. The summed E-state index contributed by atoms with van der Waals surface area (Å²) >= 11 is 3.13. The third-order valence-electron chi connectivity index (χ3n) is 2.18. The van der Waals surface area contributed by atoms with Crippen LogP contribution in [0.5, 0.6) is 0 Å². The molecule has 0 unspecified atom stereocenters. The topological polar surface area (TPSA) is 54.9 Å². The van der Waals surface area contributed by atoms with Crippen molar-refractivity contribution < 1.29 is 9.18 Å². The first-order valence-electron chi connectivity index (χ1n) is 5.15. The van der Waals surface area contributed by atoms with Gasteiger partial charge in [-0.3, -0.25) is 9.78 Å². The number of anilines is 1. The number of rotatable bonds is 3. The smallest absolute Gasteiger partial charge is 0.229 e. The van der Waals surface area contributed by atoms with Crippen molar-refractivity contribution in [1.29, 1.82) is 0 Å². The van der Waals surface area contributed by atoms with E-state index < -0.39 is 5.82 Å². The Morgan fingerprint density at radius 2 is 2.11 bits per heavy atom. The second kappa shape index (κ2) is 5.68. The standard InChI is InChI=1S/C12H9BrFN3O/c13-10-6-9(14)7-16-12(10)17-11(18)5-8-1-3-15-4-2-8/h1-4,6-7H,5H2,(H,16,17,18). The molecule has 0 fully saturated rings. The van der Waals surface area contributed by atoms with Crippen LogP contribution in [0.2, 0.25) is 0 Å². The van der Waals surface area contributed by atoms with Crippen molar-refractivity contribution in [2.24, 2.45) is 0 Å². The summed E-state index contributed by atoms with van der Waals surface area (Å²) < 4.78 is 13.2. The summed E-state index contributed by atoms with van der Waals surface area (Å²) in [7, 11) is 0. The average Bonchev–Trinajstić information content (AvgIpc) is 2.34. The summed E-state index contributed by atoms with van der Waals surface area (Å²) in [5.74, 6) is -0.384. The maximum Gasteiger partial charge on any atom is 0.229 e. The molecule has 0 aliphatic rings. The molecule has 2 aromatic rings. The van der Waals surface area contributed by atoms with Crippen LogP contribution in [-0.2, 0) is 11.2 Å². The van der Waals surface area contributed by atoms with Gasteiger partial charge in [0.25, 0.3) is 0 Å². The minimum Gasteiger partial charge on any atom is -0.309 e. The van der Waals surface area contributed by atoms with Crippen molar-refractivity contribution in [3.8, 4) is 0 Å². The van der Waals surface area contributed by atoms with Gasteiger partial charge in [-0.1, -0.05) is 0 Å². The van der Waals surface area contributed by atoms with Gasteiger partial charge in [0.1, 0.15) is 11.6 Å². The second-order valence-corrected chi connectivity index (χ2v) is 4.42. The summed E-state index contributed by atoms with van der Waals surface area (Å²) in [5, 5.41) is 2.60. The van der Waals surface area contributed by atoms with Crippen molar-refractivity contribution >= 4 is 27.7 Å². The van der Waals surface area contributed by atoms with E-state index in [-0.39, 0.29) is 12.3 Å². The van der Waals surface area contributed by atoms with E-state index in [1.807, 2.05) is 0 Å². The molecule has 18 heavy (non-hydrogen) atoms. The first kappa shape index (κ1) is 12.6. The fourth-order valence-corrected chi connectivity index (χ4v) is 1.79. The van der Waals surface area contributed by atoms with Gasteiger partial charge in [0.05, 0.1) is 17.1 Å².